The average molecular weight is 238 g/mol. The second kappa shape index (κ2) is 5.32. The topological polar surface area (TPSA) is 161 Å². The fourth-order valence-electron chi connectivity index (χ4n) is 1.01. The highest BCUT2D eigenvalue weighted by molar-refractivity contribution is 6.08. The highest BCUT2D eigenvalue weighted by atomic mass is 16.4. The largest absolute Gasteiger partial charge is 0.394 e. The SMILES string of the molecule is [2H]CC(=O)[C@@](O)(C(N)=O)[C@@H](O)[C@H](O)[C@H](O)CO. The Morgan fingerprint density at radius 2 is 1.94 bits per heavy atom. The van der Waals surface area contributed by atoms with Gasteiger partial charge in [-0.1, -0.05) is 0 Å². The lowest BCUT2D eigenvalue weighted by Crippen LogP contribution is -2.63. The van der Waals surface area contributed by atoms with Gasteiger partial charge in [-0.05, 0) is 6.90 Å². The van der Waals surface area contributed by atoms with Gasteiger partial charge in [0.2, 0.25) is 5.60 Å². The number of aliphatic hydroxyl groups is 5. The number of nitrogens with two attached hydrogens (primary N) is 1. The van der Waals surface area contributed by atoms with Gasteiger partial charge >= 0.3 is 0 Å². The van der Waals surface area contributed by atoms with Crippen LogP contribution in [0, 0.1) is 0 Å². The summed E-state index contributed by atoms with van der Waals surface area (Å²) in [5, 5.41) is 45.8. The van der Waals surface area contributed by atoms with E-state index in [2.05, 4.69) is 0 Å². The molecule has 4 atom stereocenters. The Morgan fingerprint density at radius 3 is 2.25 bits per heavy atom. The van der Waals surface area contributed by atoms with E-state index in [1.807, 2.05) is 0 Å². The minimum Gasteiger partial charge on any atom is -0.394 e. The van der Waals surface area contributed by atoms with Gasteiger partial charge in [0.25, 0.3) is 5.91 Å². The Kier molecular flexibility index (Phi) is 4.33. The third-order valence-electron chi connectivity index (χ3n) is 2.13. The maximum atomic E-state index is 11.2. The summed E-state index contributed by atoms with van der Waals surface area (Å²) in [6, 6.07) is 0. The third kappa shape index (κ3) is 2.54. The molecule has 16 heavy (non-hydrogen) atoms. The molecule has 1 amide bonds. The van der Waals surface area contributed by atoms with Crippen LogP contribution in [-0.2, 0) is 9.59 Å². The number of amides is 1. The zero-order chi connectivity index (χ0) is 13.8. The average Bonchev–Trinajstić information content (AvgIpc) is 2.33. The van der Waals surface area contributed by atoms with Crippen molar-refractivity contribution in [3.63, 3.8) is 0 Å². The molecule has 8 nitrogen and oxygen atoms in total. The number of ketones is 1. The second-order valence-corrected chi connectivity index (χ2v) is 3.24. The van der Waals surface area contributed by atoms with Crippen LogP contribution < -0.4 is 5.73 Å². The standard InChI is InChI=1S/C8H15NO7/c1-3(11)8(16,7(9)15)6(14)5(13)4(12)2-10/h4-6,10,12-14,16H,2H2,1H3,(H2,9,15)/t4-,5-,6+,8+/m1/s1/i1D. The number of carbonyl (C=O) groups excluding carboxylic acids is 2. The fraction of sp³-hybridized carbons (Fsp3) is 0.750. The number of Topliss-reactive ketones (excluding diaryl/α,β-unsaturated/α-hetero) is 1. The predicted molar refractivity (Wildman–Crippen MR) is 49.9 cm³/mol. The first-order valence-corrected chi connectivity index (χ1v) is 4.23. The van der Waals surface area contributed by atoms with Gasteiger partial charge < -0.3 is 31.3 Å². The Bertz CT molecular complexity index is 300. The highest BCUT2D eigenvalue weighted by Gasteiger charge is 2.51. The van der Waals surface area contributed by atoms with Crippen molar-refractivity contribution in [2.24, 2.45) is 5.73 Å². The molecule has 0 heterocycles. The number of hydrogen-bond donors (Lipinski definition) is 6. The van der Waals surface area contributed by atoms with Gasteiger partial charge in [-0.15, -0.1) is 0 Å². The fourth-order valence-corrected chi connectivity index (χ4v) is 1.01. The lowest BCUT2D eigenvalue weighted by molar-refractivity contribution is -0.179. The Labute approximate surface area is 92.3 Å². The molecule has 0 aliphatic rings. The van der Waals surface area contributed by atoms with Crippen molar-refractivity contribution in [1.82, 2.24) is 0 Å². The van der Waals surface area contributed by atoms with Crippen LogP contribution in [0.3, 0.4) is 0 Å². The zero-order valence-electron chi connectivity index (χ0n) is 9.28. The summed E-state index contributed by atoms with van der Waals surface area (Å²) in [5.41, 5.74) is 1.54. The smallest absolute Gasteiger partial charge is 0.260 e. The number of carbonyl (C=O) groups is 2. The molecule has 0 spiro atoms. The van der Waals surface area contributed by atoms with Gasteiger partial charge in [0, 0.05) is 1.37 Å². The van der Waals surface area contributed by atoms with Gasteiger partial charge in [0.15, 0.2) is 5.78 Å². The van der Waals surface area contributed by atoms with E-state index in [9.17, 15) is 24.9 Å². The number of primary amides is 1. The molecule has 0 rings (SSSR count). The maximum absolute atomic E-state index is 11.2. The molecule has 0 saturated carbocycles. The molecule has 0 aromatic rings. The molecule has 0 saturated heterocycles. The predicted octanol–water partition coefficient (Wildman–Crippen LogP) is -4.13. The van der Waals surface area contributed by atoms with Crippen molar-refractivity contribution in [1.29, 1.82) is 0 Å². The van der Waals surface area contributed by atoms with E-state index >= 15 is 0 Å². The van der Waals surface area contributed by atoms with Crippen LogP contribution in [0.2, 0.25) is 0 Å². The van der Waals surface area contributed by atoms with Gasteiger partial charge in [0.1, 0.15) is 18.3 Å². The number of rotatable bonds is 6. The van der Waals surface area contributed by atoms with E-state index in [1.54, 1.807) is 0 Å². The van der Waals surface area contributed by atoms with Crippen molar-refractivity contribution >= 4 is 11.7 Å². The Hall–Kier alpha value is -1.06. The summed E-state index contributed by atoms with van der Waals surface area (Å²) < 4.78 is 6.72. The van der Waals surface area contributed by atoms with Crippen LogP contribution in [0.5, 0.6) is 0 Å². The van der Waals surface area contributed by atoms with Crippen LogP contribution >= 0.6 is 0 Å². The van der Waals surface area contributed by atoms with Crippen LogP contribution in [0.15, 0.2) is 0 Å². The molecule has 0 fully saturated rings. The molecule has 0 bridgehead atoms. The first-order valence-electron chi connectivity index (χ1n) is 4.94. The quantitative estimate of drug-likeness (QED) is 0.256. The first kappa shape index (κ1) is 13.0. The summed E-state index contributed by atoms with van der Waals surface area (Å²) in [6.45, 7) is -2.03. The van der Waals surface area contributed by atoms with E-state index < -0.39 is 49.1 Å². The molecule has 7 N–H and O–H groups in total. The summed E-state index contributed by atoms with van der Waals surface area (Å²) >= 11 is 0. The number of aliphatic hydroxyl groups excluding tert-OH is 4. The normalized spacial score (nSPS) is 21.4. The highest BCUT2D eigenvalue weighted by Crippen LogP contribution is 2.17. The lowest BCUT2D eigenvalue weighted by Gasteiger charge is -2.31. The van der Waals surface area contributed by atoms with E-state index in [1.165, 1.54) is 0 Å². The van der Waals surface area contributed by atoms with E-state index in [-0.39, 0.29) is 0 Å². The third-order valence-corrected chi connectivity index (χ3v) is 2.13. The summed E-state index contributed by atoms with van der Waals surface area (Å²) in [6.07, 6.45) is -6.50. The maximum Gasteiger partial charge on any atom is 0.260 e. The van der Waals surface area contributed by atoms with Crippen LogP contribution in [0.1, 0.15) is 8.27 Å². The summed E-state index contributed by atoms with van der Waals surface area (Å²) in [7, 11) is 0. The van der Waals surface area contributed by atoms with Crippen molar-refractivity contribution < 1.29 is 36.5 Å². The molecule has 0 aliphatic heterocycles. The Balaban J connectivity index is 5.21. The van der Waals surface area contributed by atoms with Crippen molar-refractivity contribution in [3.8, 4) is 0 Å². The van der Waals surface area contributed by atoms with Crippen molar-refractivity contribution in [3.05, 3.63) is 0 Å². The molecular weight excluding hydrogens is 222 g/mol. The van der Waals surface area contributed by atoms with Crippen LogP contribution in [-0.4, -0.2) is 67.7 Å². The molecular formula is C8H15NO7. The minimum absolute atomic E-state index is 0.970. The number of hydrogen-bond acceptors (Lipinski definition) is 7. The molecule has 0 aliphatic carbocycles. The Morgan fingerprint density at radius 1 is 1.44 bits per heavy atom. The van der Waals surface area contributed by atoms with Gasteiger partial charge in [-0.2, -0.15) is 0 Å². The molecule has 0 aromatic carbocycles. The van der Waals surface area contributed by atoms with Crippen molar-refractivity contribution in [2.75, 3.05) is 6.61 Å². The van der Waals surface area contributed by atoms with Gasteiger partial charge in [-0.25, -0.2) is 0 Å². The molecule has 8 heteroatoms. The van der Waals surface area contributed by atoms with Crippen LogP contribution in [0.25, 0.3) is 0 Å². The minimum atomic E-state index is -3.18. The lowest BCUT2D eigenvalue weighted by atomic mass is 9.86. The summed E-state index contributed by atoms with van der Waals surface area (Å²) in [4.78, 5) is 22.1. The van der Waals surface area contributed by atoms with E-state index in [0.29, 0.717) is 0 Å². The molecule has 0 radical (unpaired) electrons. The van der Waals surface area contributed by atoms with Gasteiger partial charge in [0.05, 0.1) is 6.61 Å². The zero-order valence-corrected chi connectivity index (χ0v) is 8.28. The molecule has 94 valence electrons. The van der Waals surface area contributed by atoms with E-state index in [0.717, 1.165) is 0 Å². The van der Waals surface area contributed by atoms with Crippen LogP contribution in [0.4, 0.5) is 0 Å². The van der Waals surface area contributed by atoms with Gasteiger partial charge in [-0.3, -0.25) is 9.59 Å². The molecule has 0 aromatic heterocycles. The van der Waals surface area contributed by atoms with Crippen molar-refractivity contribution in [2.45, 2.75) is 30.8 Å². The second-order valence-electron chi connectivity index (χ2n) is 3.24. The monoisotopic (exact) mass is 238 g/mol. The molecule has 0 unspecified atom stereocenters. The van der Waals surface area contributed by atoms with E-state index in [4.69, 9.17) is 17.3 Å². The first-order chi connectivity index (χ1) is 7.73. The summed E-state index contributed by atoms with van der Waals surface area (Å²) in [5.74, 6) is -3.09.